The molecule has 0 spiro atoms. The highest BCUT2D eigenvalue weighted by molar-refractivity contribution is 7.89. The SMILES string of the molecule is O=C(CC1COc2ccccc2O1)NS(=O)(=O)Cc1c(F)cccc1Cl. The number of sulfonamides is 1. The number of carbonyl (C=O) groups is 1. The van der Waals surface area contributed by atoms with Gasteiger partial charge in [0.25, 0.3) is 0 Å². The Kier molecular flexibility index (Phi) is 5.33. The van der Waals surface area contributed by atoms with Crippen LogP contribution in [0.25, 0.3) is 0 Å². The van der Waals surface area contributed by atoms with E-state index in [4.69, 9.17) is 21.1 Å². The Morgan fingerprint density at radius 2 is 1.92 bits per heavy atom. The van der Waals surface area contributed by atoms with Gasteiger partial charge in [-0.1, -0.05) is 29.8 Å². The summed E-state index contributed by atoms with van der Waals surface area (Å²) in [6.07, 6.45) is -0.851. The molecule has 0 bridgehead atoms. The van der Waals surface area contributed by atoms with Crippen molar-refractivity contribution < 1.29 is 27.1 Å². The lowest BCUT2D eigenvalue weighted by molar-refractivity contribution is -0.121. The van der Waals surface area contributed by atoms with E-state index >= 15 is 0 Å². The van der Waals surface area contributed by atoms with E-state index in [2.05, 4.69) is 0 Å². The Balaban J connectivity index is 1.61. The molecule has 26 heavy (non-hydrogen) atoms. The molecule has 1 unspecified atom stereocenters. The standard InChI is InChI=1S/C17H15ClFNO5S/c18-13-4-3-5-14(19)12(13)10-26(22,23)20-17(21)8-11-9-24-15-6-1-2-7-16(15)25-11/h1-7,11H,8-10H2,(H,20,21). The van der Waals surface area contributed by atoms with Crippen LogP contribution in [0.3, 0.4) is 0 Å². The molecule has 138 valence electrons. The van der Waals surface area contributed by atoms with Crippen molar-refractivity contribution in [3.63, 3.8) is 0 Å². The zero-order valence-corrected chi connectivity index (χ0v) is 15.0. The minimum Gasteiger partial charge on any atom is -0.486 e. The number of hydrogen-bond donors (Lipinski definition) is 1. The highest BCUT2D eigenvalue weighted by Crippen LogP contribution is 2.31. The largest absolute Gasteiger partial charge is 0.486 e. The third-order valence-electron chi connectivity index (χ3n) is 3.65. The minimum absolute atomic E-state index is 0.0246. The fourth-order valence-electron chi connectivity index (χ4n) is 2.48. The summed E-state index contributed by atoms with van der Waals surface area (Å²) in [6, 6.07) is 10.8. The van der Waals surface area contributed by atoms with Crippen molar-refractivity contribution in [1.82, 2.24) is 4.72 Å². The van der Waals surface area contributed by atoms with E-state index in [0.717, 1.165) is 6.07 Å². The van der Waals surface area contributed by atoms with Gasteiger partial charge in [-0.2, -0.15) is 0 Å². The molecule has 2 aromatic carbocycles. The summed E-state index contributed by atoms with van der Waals surface area (Å²) in [7, 11) is -4.11. The quantitative estimate of drug-likeness (QED) is 0.835. The van der Waals surface area contributed by atoms with Gasteiger partial charge in [-0.15, -0.1) is 0 Å². The van der Waals surface area contributed by atoms with Crippen molar-refractivity contribution in [2.24, 2.45) is 0 Å². The monoisotopic (exact) mass is 399 g/mol. The molecule has 1 aliphatic rings. The molecule has 0 saturated carbocycles. The summed E-state index contributed by atoms with van der Waals surface area (Å²) < 4.78 is 51.0. The lowest BCUT2D eigenvalue weighted by Crippen LogP contribution is -2.38. The molecule has 6 nitrogen and oxygen atoms in total. The molecule has 1 atom stereocenters. The van der Waals surface area contributed by atoms with Gasteiger partial charge in [0.1, 0.15) is 18.5 Å². The maximum absolute atomic E-state index is 13.7. The summed E-state index contributed by atoms with van der Waals surface area (Å²) in [5.41, 5.74) is -0.194. The van der Waals surface area contributed by atoms with Crippen molar-refractivity contribution in [3.05, 3.63) is 58.9 Å². The second-order valence-corrected chi connectivity index (χ2v) is 7.82. The second kappa shape index (κ2) is 7.51. The molecule has 0 saturated heterocycles. The van der Waals surface area contributed by atoms with Crippen LogP contribution in [0.5, 0.6) is 11.5 Å². The minimum atomic E-state index is -4.11. The van der Waals surface area contributed by atoms with E-state index in [0.29, 0.717) is 11.5 Å². The van der Waals surface area contributed by atoms with Crippen LogP contribution in [0, 0.1) is 5.82 Å². The lowest BCUT2D eigenvalue weighted by atomic mass is 10.2. The number of amides is 1. The lowest BCUT2D eigenvalue weighted by Gasteiger charge is -2.26. The summed E-state index contributed by atoms with van der Waals surface area (Å²) >= 11 is 5.82. The molecule has 3 rings (SSSR count). The normalized spacial score (nSPS) is 16.2. The number of ether oxygens (including phenoxy) is 2. The molecular weight excluding hydrogens is 385 g/mol. The Labute approximate surface area is 154 Å². The van der Waals surface area contributed by atoms with Gasteiger partial charge in [-0.05, 0) is 24.3 Å². The number of carbonyl (C=O) groups excluding carboxylic acids is 1. The fraction of sp³-hybridized carbons (Fsp3) is 0.235. The summed E-state index contributed by atoms with van der Waals surface area (Å²) in [4.78, 5) is 12.0. The Morgan fingerprint density at radius 1 is 1.19 bits per heavy atom. The maximum atomic E-state index is 13.7. The molecule has 1 N–H and O–H groups in total. The first-order chi connectivity index (χ1) is 12.3. The van der Waals surface area contributed by atoms with Gasteiger partial charge in [0.15, 0.2) is 11.5 Å². The summed E-state index contributed by atoms with van der Waals surface area (Å²) in [5.74, 6) is -1.22. The molecule has 9 heteroatoms. The van der Waals surface area contributed by atoms with Gasteiger partial charge in [0.05, 0.1) is 12.2 Å². The van der Waals surface area contributed by atoms with Gasteiger partial charge in [0, 0.05) is 10.6 Å². The molecule has 0 aromatic heterocycles. The van der Waals surface area contributed by atoms with Gasteiger partial charge in [-0.25, -0.2) is 12.8 Å². The van der Waals surface area contributed by atoms with E-state index in [1.165, 1.54) is 12.1 Å². The van der Waals surface area contributed by atoms with Crippen LogP contribution in [0.15, 0.2) is 42.5 Å². The van der Waals surface area contributed by atoms with Crippen molar-refractivity contribution >= 4 is 27.5 Å². The number of halogens is 2. The zero-order chi connectivity index (χ0) is 18.7. The molecule has 1 heterocycles. The fourth-order valence-corrected chi connectivity index (χ4v) is 3.97. The van der Waals surface area contributed by atoms with Crippen LogP contribution >= 0.6 is 11.6 Å². The Bertz CT molecular complexity index is 914. The first-order valence-corrected chi connectivity index (χ1v) is 9.72. The van der Waals surface area contributed by atoms with Crippen LogP contribution < -0.4 is 14.2 Å². The van der Waals surface area contributed by atoms with Gasteiger partial charge in [-0.3, -0.25) is 9.52 Å². The highest BCUT2D eigenvalue weighted by atomic mass is 35.5. The second-order valence-electron chi connectivity index (χ2n) is 5.69. The number of fused-ring (bicyclic) bond motifs is 1. The Hall–Kier alpha value is -2.32. The Morgan fingerprint density at radius 3 is 2.65 bits per heavy atom. The van der Waals surface area contributed by atoms with Gasteiger partial charge < -0.3 is 9.47 Å². The van der Waals surface area contributed by atoms with Crippen LogP contribution in [-0.2, 0) is 20.6 Å². The van der Waals surface area contributed by atoms with Gasteiger partial charge in [0.2, 0.25) is 15.9 Å². The summed E-state index contributed by atoms with van der Waals surface area (Å²) in [5, 5.41) is -0.0246. The first kappa shape index (κ1) is 18.5. The molecular formula is C17H15ClFNO5S. The highest BCUT2D eigenvalue weighted by Gasteiger charge is 2.26. The number of benzene rings is 2. The van der Waals surface area contributed by atoms with E-state index in [1.807, 2.05) is 4.72 Å². The molecule has 0 aliphatic carbocycles. The van der Waals surface area contributed by atoms with Crippen molar-refractivity contribution in [2.75, 3.05) is 6.61 Å². The summed E-state index contributed by atoms with van der Waals surface area (Å²) in [6.45, 7) is 0.115. The zero-order valence-electron chi connectivity index (χ0n) is 13.4. The maximum Gasteiger partial charge on any atom is 0.239 e. The smallest absolute Gasteiger partial charge is 0.239 e. The van der Waals surface area contributed by atoms with Crippen molar-refractivity contribution in [1.29, 1.82) is 0 Å². The average molecular weight is 400 g/mol. The number of nitrogens with one attached hydrogen (secondary N) is 1. The van der Waals surface area contributed by atoms with E-state index in [-0.39, 0.29) is 23.6 Å². The van der Waals surface area contributed by atoms with Crippen LogP contribution in [0.4, 0.5) is 4.39 Å². The molecule has 2 aromatic rings. The van der Waals surface area contributed by atoms with Crippen LogP contribution in [0.2, 0.25) is 5.02 Å². The number of rotatable bonds is 5. The van der Waals surface area contributed by atoms with E-state index in [1.54, 1.807) is 24.3 Å². The molecule has 1 amide bonds. The molecule has 1 aliphatic heterocycles. The third-order valence-corrected chi connectivity index (χ3v) is 5.21. The van der Waals surface area contributed by atoms with Crippen LogP contribution in [0.1, 0.15) is 12.0 Å². The number of para-hydroxylation sites is 2. The van der Waals surface area contributed by atoms with Crippen LogP contribution in [-0.4, -0.2) is 27.0 Å². The molecule has 0 fully saturated rings. The predicted molar refractivity (Wildman–Crippen MR) is 93.1 cm³/mol. The average Bonchev–Trinajstić information content (AvgIpc) is 2.57. The first-order valence-electron chi connectivity index (χ1n) is 7.69. The van der Waals surface area contributed by atoms with Crippen molar-refractivity contribution in [3.8, 4) is 11.5 Å². The van der Waals surface area contributed by atoms with Crippen molar-refractivity contribution in [2.45, 2.75) is 18.3 Å². The van der Waals surface area contributed by atoms with E-state index in [9.17, 15) is 17.6 Å². The third kappa shape index (κ3) is 4.44. The number of hydrogen-bond acceptors (Lipinski definition) is 5. The topological polar surface area (TPSA) is 81.7 Å². The van der Waals surface area contributed by atoms with Gasteiger partial charge >= 0.3 is 0 Å². The predicted octanol–water partition coefficient (Wildman–Crippen LogP) is 2.66. The van der Waals surface area contributed by atoms with E-state index < -0.39 is 33.6 Å². The molecule has 0 radical (unpaired) electrons.